The molecule has 1 saturated heterocycles. The molecule has 142 valence electrons. The number of rotatable bonds is 5. The van der Waals surface area contributed by atoms with Crippen molar-refractivity contribution in [2.75, 3.05) is 11.4 Å². The molecule has 27 heavy (non-hydrogen) atoms. The number of amides is 2. The van der Waals surface area contributed by atoms with Crippen LogP contribution in [-0.2, 0) is 11.3 Å². The lowest BCUT2D eigenvalue weighted by Crippen LogP contribution is -2.25. The van der Waals surface area contributed by atoms with Gasteiger partial charge >= 0.3 is 0 Å². The number of aromatic nitrogens is 2. The molecule has 0 bridgehead atoms. The van der Waals surface area contributed by atoms with E-state index in [4.69, 9.17) is 0 Å². The molecule has 2 heterocycles. The van der Waals surface area contributed by atoms with Crippen molar-refractivity contribution in [2.45, 2.75) is 57.4 Å². The van der Waals surface area contributed by atoms with Gasteiger partial charge in [-0.2, -0.15) is 5.10 Å². The molecule has 2 amide bonds. The van der Waals surface area contributed by atoms with Crippen LogP contribution in [0, 0.1) is 0 Å². The summed E-state index contributed by atoms with van der Waals surface area (Å²) in [5.41, 5.74) is 3.60. The first-order chi connectivity index (χ1) is 13.2. The van der Waals surface area contributed by atoms with Crippen molar-refractivity contribution in [2.24, 2.45) is 0 Å². The summed E-state index contributed by atoms with van der Waals surface area (Å²) in [4.78, 5) is 26.3. The maximum absolute atomic E-state index is 12.6. The summed E-state index contributed by atoms with van der Waals surface area (Å²) in [6, 6.07) is 7.85. The summed E-state index contributed by atoms with van der Waals surface area (Å²) in [6.07, 6.45) is 9.16. The Morgan fingerprint density at radius 2 is 1.93 bits per heavy atom. The minimum absolute atomic E-state index is 0.0804. The first-order valence-corrected chi connectivity index (χ1v) is 9.93. The molecule has 6 heteroatoms. The van der Waals surface area contributed by atoms with Gasteiger partial charge in [-0.25, -0.2) is 0 Å². The molecule has 0 unspecified atom stereocenters. The largest absolute Gasteiger partial charge is 0.348 e. The number of hydrogen-bond donors (Lipinski definition) is 2. The van der Waals surface area contributed by atoms with Crippen molar-refractivity contribution in [3.05, 3.63) is 47.3 Å². The summed E-state index contributed by atoms with van der Waals surface area (Å²) in [5, 5.41) is 10.2. The number of H-pyrrole nitrogens is 1. The Labute approximate surface area is 159 Å². The fourth-order valence-corrected chi connectivity index (χ4v) is 4.17. The Kier molecular flexibility index (Phi) is 5.23. The number of aromatic amines is 1. The van der Waals surface area contributed by atoms with Crippen LogP contribution in [0.4, 0.5) is 5.69 Å². The van der Waals surface area contributed by atoms with Gasteiger partial charge in [-0.3, -0.25) is 14.7 Å². The zero-order chi connectivity index (χ0) is 18.6. The fraction of sp³-hybridized carbons (Fsp3) is 0.476. The van der Waals surface area contributed by atoms with Gasteiger partial charge in [-0.05, 0) is 37.0 Å². The Bertz CT molecular complexity index is 806. The number of carbonyl (C=O) groups excluding carboxylic acids is 2. The van der Waals surface area contributed by atoms with Gasteiger partial charge in [-0.1, -0.05) is 31.4 Å². The highest BCUT2D eigenvalue weighted by Crippen LogP contribution is 2.33. The third-order valence-corrected chi connectivity index (χ3v) is 5.70. The maximum Gasteiger partial charge on any atom is 0.255 e. The highest BCUT2D eigenvalue weighted by atomic mass is 16.2. The van der Waals surface area contributed by atoms with Gasteiger partial charge in [0.2, 0.25) is 5.91 Å². The van der Waals surface area contributed by atoms with E-state index >= 15 is 0 Å². The van der Waals surface area contributed by atoms with Gasteiger partial charge in [-0.15, -0.1) is 0 Å². The Hall–Kier alpha value is -2.63. The summed E-state index contributed by atoms with van der Waals surface area (Å²) in [7, 11) is 0. The molecule has 2 N–H and O–H groups in total. The molecule has 1 aliphatic carbocycles. The van der Waals surface area contributed by atoms with Crippen LogP contribution in [0.3, 0.4) is 0 Å². The van der Waals surface area contributed by atoms with Crippen LogP contribution < -0.4 is 10.2 Å². The van der Waals surface area contributed by atoms with Crippen molar-refractivity contribution >= 4 is 17.5 Å². The summed E-state index contributed by atoms with van der Waals surface area (Å²) >= 11 is 0. The summed E-state index contributed by atoms with van der Waals surface area (Å²) in [5.74, 6) is 0.522. The van der Waals surface area contributed by atoms with Crippen LogP contribution in [0.25, 0.3) is 0 Å². The van der Waals surface area contributed by atoms with Crippen LogP contribution in [-0.4, -0.2) is 28.6 Å². The molecule has 0 atom stereocenters. The van der Waals surface area contributed by atoms with Gasteiger partial charge in [0.25, 0.3) is 5.91 Å². The van der Waals surface area contributed by atoms with Gasteiger partial charge in [0.1, 0.15) is 0 Å². The fourth-order valence-electron chi connectivity index (χ4n) is 4.17. The highest BCUT2D eigenvalue weighted by molar-refractivity contribution is 5.96. The molecule has 1 aliphatic heterocycles. The van der Waals surface area contributed by atoms with E-state index < -0.39 is 0 Å². The molecule has 1 aromatic heterocycles. The van der Waals surface area contributed by atoms with E-state index in [0.29, 0.717) is 24.4 Å². The third-order valence-electron chi connectivity index (χ3n) is 5.70. The standard InChI is InChI=1S/C21H26N4O2/c26-19-7-4-12-25(19)17-10-8-15(9-11-17)13-22-21(27)18-14-23-24-20(18)16-5-2-1-3-6-16/h8-11,14,16H,1-7,12-13H2,(H,22,27)(H,23,24). The van der Waals surface area contributed by atoms with Gasteiger partial charge < -0.3 is 10.2 Å². The topological polar surface area (TPSA) is 78.1 Å². The number of anilines is 1. The molecule has 4 rings (SSSR count). The lowest BCUT2D eigenvalue weighted by atomic mass is 9.85. The molecule has 1 aromatic carbocycles. The molecule has 0 spiro atoms. The molecule has 6 nitrogen and oxygen atoms in total. The predicted octanol–water partition coefficient (Wildman–Crippen LogP) is 3.51. The van der Waals surface area contributed by atoms with Crippen molar-refractivity contribution < 1.29 is 9.59 Å². The van der Waals surface area contributed by atoms with E-state index in [1.54, 1.807) is 6.20 Å². The van der Waals surface area contributed by atoms with Crippen molar-refractivity contribution in [1.82, 2.24) is 15.5 Å². The van der Waals surface area contributed by atoms with Crippen molar-refractivity contribution in [3.63, 3.8) is 0 Å². The normalized spacial score (nSPS) is 18.1. The average molecular weight is 366 g/mol. The molecule has 2 fully saturated rings. The second-order valence-electron chi connectivity index (χ2n) is 7.53. The van der Waals surface area contributed by atoms with E-state index in [1.807, 2.05) is 29.2 Å². The number of hydrogen-bond acceptors (Lipinski definition) is 3. The zero-order valence-electron chi connectivity index (χ0n) is 15.5. The first kappa shape index (κ1) is 17.8. The molecular formula is C21H26N4O2. The van der Waals surface area contributed by atoms with Crippen molar-refractivity contribution in [3.8, 4) is 0 Å². The Morgan fingerprint density at radius 1 is 1.15 bits per heavy atom. The Balaban J connectivity index is 1.37. The third kappa shape index (κ3) is 3.89. The lowest BCUT2D eigenvalue weighted by Gasteiger charge is -2.21. The summed E-state index contributed by atoms with van der Waals surface area (Å²) in [6.45, 7) is 1.25. The van der Waals surface area contributed by atoms with Gasteiger partial charge in [0.15, 0.2) is 0 Å². The molecule has 1 saturated carbocycles. The number of benzene rings is 1. The monoisotopic (exact) mass is 366 g/mol. The second-order valence-corrected chi connectivity index (χ2v) is 7.53. The SMILES string of the molecule is O=C(NCc1ccc(N2CCCC2=O)cc1)c1cn[nH]c1C1CCCCC1. The predicted molar refractivity (Wildman–Crippen MR) is 104 cm³/mol. The van der Waals surface area contributed by atoms with Crippen LogP contribution in [0.1, 0.15) is 72.5 Å². The van der Waals surface area contributed by atoms with Crippen LogP contribution in [0.15, 0.2) is 30.5 Å². The maximum atomic E-state index is 12.6. The Morgan fingerprint density at radius 3 is 2.63 bits per heavy atom. The minimum Gasteiger partial charge on any atom is -0.348 e. The number of nitrogens with zero attached hydrogens (tertiary/aromatic N) is 2. The van der Waals surface area contributed by atoms with Gasteiger partial charge in [0, 0.05) is 31.1 Å². The van der Waals surface area contributed by atoms with Gasteiger partial charge in [0.05, 0.1) is 17.5 Å². The highest BCUT2D eigenvalue weighted by Gasteiger charge is 2.24. The van der Waals surface area contributed by atoms with E-state index in [1.165, 1.54) is 19.3 Å². The molecule has 2 aliphatic rings. The average Bonchev–Trinajstić information content (AvgIpc) is 3.36. The van der Waals surface area contributed by atoms with E-state index in [9.17, 15) is 9.59 Å². The quantitative estimate of drug-likeness (QED) is 0.850. The van der Waals surface area contributed by atoms with E-state index in [0.717, 1.165) is 42.8 Å². The number of nitrogens with one attached hydrogen (secondary N) is 2. The second kappa shape index (κ2) is 7.94. The van der Waals surface area contributed by atoms with Crippen LogP contribution in [0.2, 0.25) is 0 Å². The first-order valence-electron chi connectivity index (χ1n) is 9.93. The summed E-state index contributed by atoms with van der Waals surface area (Å²) < 4.78 is 0. The van der Waals surface area contributed by atoms with E-state index in [2.05, 4.69) is 15.5 Å². The molecule has 0 radical (unpaired) electrons. The number of carbonyl (C=O) groups is 2. The zero-order valence-corrected chi connectivity index (χ0v) is 15.5. The molecular weight excluding hydrogens is 340 g/mol. The van der Waals surface area contributed by atoms with Crippen molar-refractivity contribution in [1.29, 1.82) is 0 Å². The minimum atomic E-state index is -0.0804. The lowest BCUT2D eigenvalue weighted by molar-refractivity contribution is -0.117. The van der Waals surface area contributed by atoms with Crippen LogP contribution >= 0.6 is 0 Å². The molecule has 2 aromatic rings. The smallest absolute Gasteiger partial charge is 0.255 e. The van der Waals surface area contributed by atoms with Crippen LogP contribution in [0.5, 0.6) is 0 Å². The van der Waals surface area contributed by atoms with E-state index in [-0.39, 0.29) is 11.8 Å².